The molecule has 0 heterocycles. The van der Waals surface area contributed by atoms with Crippen molar-refractivity contribution in [2.45, 2.75) is 77.6 Å². The molecule has 1 rings (SSSR count). The lowest BCUT2D eigenvalue weighted by Crippen LogP contribution is -2.58. The Morgan fingerprint density at radius 2 is 1.40 bits per heavy atom. The van der Waals surface area contributed by atoms with Crippen molar-refractivity contribution in [3.05, 3.63) is 22.3 Å². The first-order valence-electron chi connectivity index (χ1n) is 10.5. The Labute approximate surface area is 200 Å². The predicted octanol–water partition coefficient (Wildman–Crippen LogP) is -0.141. The summed E-state index contributed by atoms with van der Waals surface area (Å²) in [5.41, 5.74) is 0. The van der Waals surface area contributed by atoms with Crippen LogP contribution in [0.15, 0.2) is 12.2 Å². The zero-order valence-electron chi connectivity index (χ0n) is 19.9. The lowest BCUT2D eigenvalue weighted by molar-refractivity contribution is -0.545. The summed E-state index contributed by atoms with van der Waals surface area (Å²) in [7, 11) is 0. The maximum atomic E-state index is 12.0. The van der Waals surface area contributed by atoms with Gasteiger partial charge in [0.2, 0.25) is 6.04 Å². The molecule has 1 aliphatic rings. The Kier molecular flexibility index (Phi) is 11.3. The molecule has 196 valence electrons. The summed E-state index contributed by atoms with van der Waals surface area (Å²) in [5, 5.41) is 22.0. The summed E-state index contributed by atoms with van der Waals surface area (Å²) in [4.78, 5) is 70.0. The van der Waals surface area contributed by atoms with Gasteiger partial charge in [-0.05, 0) is 6.42 Å². The van der Waals surface area contributed by atoms with E-state index < -0.39 is 83.9 Å². The van der Waals surface area contributed by atoms with Crippen molar-refractivity contribution >= 4 is 29.8 Å². The third-order valence-corrected chi connectivity index (χ3v) is 4.88. The van der Waals surface area contributed by atoms with Crippen molar-refractivity contribution in [2.75, 3.05) is 6.61 Å². The Balaban J connectivity index is 3.68. The number of rotatable bonds is 11. The van der Waals surface area contributed by atoms with Gasteiger partial charge >= 0.3 is 29.8 Å². The van der Waals surface area contributed by atoms with Crippen LogP contribution in [-0.4, -0.2) is 83.0 Å². The highest BCUT2D eigenvalue weighted by molar-refractivity contribution is 5.69. The van der Waals surface area contributed by atoms with Crippen LogP contribution in [0.1, 0.15) is 41.0 Å². The second-order valence-corrected chi connectivity index (χ2v) is 7.77. The summed E-state index contributed by atoms with van der Waals surface area (Å²) in [6.45, 7) is 4.40. The molecule has 0 radical (unpaired) electrons. The monoisotopic (exact) mass is 503 g/mol. The highest BCUT2D eigenvalue weighted by Crippen LogP contribution is 2.33. The molecule has 0 fully saturated rings. The molecule has 0 aromatic heterocycles. The van der Waals surface area contributed by atoms with Crippen molar-refractivity contribution < 1.29 is 57.7 Å². The van der Waals surface area contributed by atoms with E-state index in [-0.39, 0.29) is 6.42 Å². The van der Waals surface area contributed by atoms with Crippen LogP contribution in [0.3, 0.4) is 0 Å². The van der Waals surface area contributed by atoms with Gasteiger partial charge in [-0.25, -0.2) is 0 Å². The number of carbonyl (C=O) groups is 5. The third kappa shape index (κ3) is 9.31. The average molecular weight is 503 g/mol. The van der Waals surface area contributed by atoms with Crippen LogP contribution in [0.5, 0.6) is 0 Å². The van der Waals surface area contributed by atoms with E-state index in [1.807, 2.05) is 0 Å². The fourth-order valence-electron chi connectivity index (χ4n) is 3.75. The summed E-state index contributed by atoms with van der Waals surface area (Å²) in [6, 6.07) is -1.69. The molecule has 1 N–H and O–H groups in total. The molecule has 0 aromatic rings. The van der Waals surface area contributed by atoms with Gasteiger partial charge in [0.05, 0.1) is 5.92 Å². The largest absolute Gasteiger partial charge is 0.462 e. The zero-order chi connectivity index (χ0) is 26.9. The molecule has 0 bridgehead atoms. The summed E-state index contributed by atoms with van der Waals surface area (Å²) in [6.07, 6.45) is -5.73. The average Bonchev–Trinajstić information content (AvgIpc) is 2.70. The van der Waals surface area contributed by atoms with Gasteiger partial charge in [-0.3, -0.25) is 34.1 Å². The Hall–Kier alpha value is -3.55. The SMILES string of the molecule is CC(=O)OC[C@@H](OC(C)=O)[C@H](OC(C)=O)[C@H](OC(C)=O)C(OC(C)=O)[C@H]1CC=C[C@@H](O)[C@@H]1[N+](=O)[O-]. The second kappa shape index (κ2) is 13.4. The summed E-state index contributed by atoms with van der Waals surface area (Å²) in [5.74, 6) is -5.75. The molecule has 35 heavy (non-hydrogen) atoms. The van der Waals surface area contributed by atoms with E-state index in [2.05, 4.69) is 0 Å². The van der Waals surface area contributed by atoms with Crippen molar-refractivity contribution in [2.24, 2.45) is 5.92 Å². The van der Waals surface area contributed by atoms with Crippen LogP contribution in [0.4, 0.5) is 0 Å². The van der Waals surface area contributed by atoms with E-state index in [0.717, 1.165) is 34.6 Å². The smallest absolute Gasteiger partial charge is 0.303 e. The molecular formula is C21H29NO13. The highest BCUT2D eigenvalue weighted by atomic mass is 16.6. The van der Waals surface area contributed by atoms with Gasteiger partial charge in [-0.1, -0.05) is 12.2 Å². The quantitative estimate of drug-likeness (QED) is 0.129. The molecule has 14 nitrogen and oxygen atoms in total. The molecule has 0 spiro atoms. The van der Waals surface area contributed by atoms with E-state index in [4.69, 9.17) is 23.7 Å². The normalized spacial score (nSPS) is 22.5. The molecule has 0 saturated carbocycles. The van der Waals surface area contributed by atoms with Crippen molar-refractivity contribution in [1.29, 1.82) is 0 Å². The lowest BCUT2D eigenvalue weighted by Gasteiger charge is -2.39. The van der Waals surface area contributed by atoms with E-state index in [9.17, 15) is 39.2 Å². The third-order valence-electron chi connectivity index (χ3n) is 4.88. The summed E-state index contributed by atoms with van der Waals surface area (Å²) >= 11 is 0. The predicted molar refractivity (Wildman–Crippen MR) is 113 cm³/mol. The maximum Gasteiger partial charge on any atom is 0.303 e. The van der Waals surface area contributed by atoms with Gasteiger partial charge in [0.25, 0.3) is 0 Å². The number of ether oxygens (including phenoxy) is 5. The van der Waals surface area contributed by atoms with Gasteiger partial charge in [-0.15, -0.1) is 0 Å². The van der Waals surface area contributed by atoms with Crippen LogP contribution in [-0.2, 0) is 47.7 Å². The number of nitro groups is 1. The number of aliphatic hydroxyl groups is 1. The van der Waals surface area contributed by atoms with Crippen LogP contribution in [0.2, 0.25) is 0 Å². The first-order valence-corrected chi connectivity index (χ1v) is 10.5. The molecular weight excluding hydrogens is 474 g/mol. The molecule has 7 atom stereocenters. The number of aliphatic hydroxyl groups excluding tert-OH is 1. The van der Waals surface area contributed by atoms with Crippen molar-refractivity contribution in [1.82, 2.24) is 0 Å². The van der Waals surface area contributed by atoms with Crippen LogP contribution >= 0.6 is 0 Å². The van der Waals surface area contributed by atoms with Gasteiger partial charge in [-0.2, -0.15) is 0 Å². The molecule has 0 amide bonds. The molecule has 1 unspecified atom stereocenters. The van der Waals surface area contributed by atoms with Crippen LogP contribution in [0, 0.1) is 16.0 Å². The second-order valence-electron chi connectivity index (χ2n) is 7.77. The minimum Gasteiger partial charge on any atom is -0.462 e. The standard InChI is InChI=1S/C21H29NO13/c1-10(23)31-9-17(32-11(2)24)20(34-13(4)26)21(35-14(5)27)19(33-12(3)25)15-7-6-8-16(28)18(15)22(29)30/h6,8,15-21,28H,7,9H2,1-5H3/t15-,16+,17+,18+,19?,20-,21+/m0/s1. The van der Waals surface area contributed by atoms with Crippen LogP contribution < -0.4 is 0 Å². The topological polar surface area (TPSA) is 195 Å². The van der Waals surface area contributed by atoms with E-state index in [1.165, 1.54) is 12.2 Å². The van der Waals surface area contributed by atoms with E-state index >= 15 is 0 Å². The maximum absolute atomic E-state index is 12.0. The fraction of sp³-hybridized carbons (Fsp3) is 0.667. The minimum atomic E-state index is -1.76. The molecule has 0 aliphatic heterocycles. The molecule has 1 aliphatic carbocycles. The first kappa shape index (κ1) is 29.5. The number of nitrogens with zero attached hydrogens (tertiary/aromatic N) is 1. The Morgan fingerprint density at radius 1 is 0.886 bits per heavy atom. The highest BCUT2D eigenvalue weighted by Gasteiger charge is 2.53. The van der Waals surface area contributed by atoms with Gasteiger partial charge < -0.3 is 28.8 Å². The molecule has 14 heteroatoms. The van der Waals surface area contributed by atoms with Crippen molar-refractivity contribution in [3.8, 4) is 0 Å². The van der Waals surface area contributed by atoms with Gasteiger partial charge in [0.1, 0.15) is 12.7 Å². The first-order chi connectivity index (χ1) is 16.2. The summed E-state index contributed by atoms with van der Waals surface area (Å²) < 4.78 is 25.9. The number of allylic oxidation sites excluding steroid dienone is 1. The Morgan fingerprint density at radius 3 is 1.86 bits per heavy atom. The number of carbonyl (C=O) groups excluding carboxylic acids is 5. The van der Waals surface area contributed by atoms with Crippen molar-refractivity contribution in [3.63, 3.8) is 0 Å². The van der Waals surface area contributed by atoms with Gasteiger partial charge in [0, 0.05) is 39.5 Å². The lowest BCUT2D eigenvalue weighted by atomic mass is 9.79. The minimum absolute atomic E-state index is 0.0899. The fourth-order valence-corrected chi connectivity index (χ4v) is 3.75. The molecule has 0 aromatic carbocycles. The van der Waals surface area contributed by atoms with Crippen LogP contribution in [0.25, 0.3) is 0 Å². The zero-order valence-corrected chi connectivity index (χ0v) is 19.9. The molecule has 0 saturated heterocycles. The van der Waals surface area contributed by atoms with E-state index in [0.29, 0.717) is 0 Å². The van der Waals surface area contributed by atoms with E-state index in [1.54, 1.807) is 0 Å². The van der Waals surface area contributed by atoms with Gasteiger partial charge in [0.15, 0.2) is 24.4 Å². The number of hydrogen-bond donors (Lipinski definition) is 1. The number of esters is 5. The number of hydrogen-bond acceptors (Lipinski definition) is 13. The Bertz CT molecular complexity index is 854.